The van der Waals surface area contributed by atoms with E-state index in [1.807, 2.05) is 24.3 Å². The summed E-state index contributed by atoms with van der Waals surface area (Å²) in [5.41, 5.74) is 6.71. The quantitative estimate of drug-likeness (QED) is 0.904. The van der Waals surface area contributed by atoms with Gasteiger partial charge in [-0.05, 0) is 24.3 Å². The van der Waals surface area contributed by atoms with Crippen LogP contribution in [0.15, 0.2) is 29.4 Å². The molecule has 0 saturated heterocycles. The summed E-state index contributed by atoms with van der Waals surface area (Å²) >= 11 is 7.57. The average Bonchev–Trinajstić information content (AvgIpc) is 2.89. The monoisotopic (exact) mass is 266 g/mol. The number of fused-ring (bicyclic) bond motifs is 1. The van der Waals surface area contributed by atoms with Gasteiger partial charge in [0, 0.05) is 28.9 Å². The second-order valence-electron chi connectivity index (χ2n) is 3.90. The topological polar surface area (TPSA) is 56.7 Å². The van der Waals surface area contributed by atoms with Crippen LogP contribution in [0.25, 0.3) is 11.4 Å². The van der Waals surface area contributed by atoms with Gasteiger partial charge in [0.05, 0.1) is 0 Å². The highest BCUT2D eigenvalue weighted by Crippen LogP contribution is 2.33. The van der Waals surface area contributed by atoms with E-state index in [0.717, 1.165) is 28.1 Å². The second kappa shape index (κ2) is 4.33. The molecule has 2 heterocycles. The molecule has 2 aromatic rings. The smallest absolute Gasteiger partial charge is 0.191 e. The average molecular weight is 267 g/mol. The Balaban J connectivity index is 1.98. The molecule has 0 aliphatic carbocycles. The Morgan fingerprint density at radius 1 is 1.35 bits per heavy atom. The molecule has 0 fully saturated rings. The van der Waals surface area contributed by atoms with E-state index >= 15 is 0 Å². The van der Waals surface area contributed by atoms with Gasteiger partial charge in [0.1, 0.15) is 0 Å². The summed E-state index contributed by atoms with van der Waals surface area (Å²) in [6, 6.07) is 7.64. The Hall–Kier alpha value is -1.04. The molecule has 0 radical (unpaired) electrons. The standard InChI is InChI=1S/C11H11ClN4S/c12-8-3-1-7(2-4-8)10-14-15-11-16(10)6-9(5-13)17-11/h1-4,9H,5-6,13H2. The van der Waals surface area contributed by atoms with E-state index in [1.54, 1.807) is 11.8 Å². The van der Waals surface area contributed by atoms with Crippen LogP contribution in [0.1, 0.15) is 0 Å². The lowest BCUT2D eigenvalue weighted by molar-refractivity contribution is 0.655. The third kappa shape index (κ3) is 1.94. The molecule has 0 bridgehead atoms. The van der Waals surface area contributed by atoms with Gasteiger partial charge in [0.15, 0.2) is 11.0 Å². The maximum absolute atomic E-state index is 5.87. The number of nitrogens with zero attached hydrogens (tertiary/aromatic N) is 3. The molecule has 1 unspecified atom stereocenters. The van der Waals surface area contributed by atoms with Gasteiger partial charge in [-0.3, -0.25) is 0 Å². The molecule has 88 valence electrons. The molecule has 4 nitrogen and oxygen atoms in total. The fourth-order valence-corrected chi connectivity index (χ4v) is 2.99. The lowest BCUT2D eigenvalue weighted by atomic mass is 10.2. The number of benzene rings is 1. The molecular weight excluding hydrogens is 256 g/mol. The Morgan fingerprint density at radius 2 is 2.12 bits per heavy atom. The van der Waals surface area contributed by atoms with Crippen LogP contribution < -0.4 is 5.73 Å². The van der Waals surface area contributed by atoms with Crippen LogP contribution in [-0.2, 0) is 6.54 Å². The summed E-state index contributed by atoms with van der Waals surface area (Å²) in [5.74, 6) is 0.889. The summed E-state index contributed by atoms with van der Waals surface area (Å²) in [6.07, 6.45) is 0. The van der Waals surface area contributed by atoms with Crippen LogP contribution in [-0.4, -0.2) is 26.6 Å². The molecule has 0 spiro atoms. The van der Waals surface area contributed by atoms with Gasteiger partial charge in [-0.2, -0.15) is 0 Å². The van der Waals surface area contributed by atoms with Crippen molar-refractivity contribution in [2.75, 3.05) is 6.54 Å². The summed E-state index contributed by atoms with van der Waals surface area (Å²) in [7, 11) is 0. The molecule has 1 aliphatic heterocycles. The van der Waals surface area contributed by atoms with Gasteiger partial charge < -0.3 is 10.3 Å². The largest absolute Gasteiger partial charge is 0.329 e. The third-order valence-electron chi connectivity index (χ3n) is 2.74. The van der Waals surface area contributed by atoms with Gasteiger partial charge in [-0.15, -0.1) is 10.2 Å². The number of hydrogen-bond donors (Lipinski definition) is 1. The first-order chi connectivity index (χ1) is 8.28. The highest BCUT2D eigenvalue weighted by Gasteiger charge is 2.26. The highest BCUT2D eigenvalue weighted by molar-refractivity contribution is 8.00. The number of hydrogen-bond acceptors (Lipinski definition) is 4. The molecular formula is C11H11ClN4S. The number of thioether (sulfide) groups is 1. The van der Waals surface area contributed by atoms with Crippen molar-refractivity contribution in [3.63, 3.8) is 0 Å². The van der Waals surface area contributed by atoms with E-state index < -0.39 is 0 Å². The summed E-state index contributed by atoms with van der Waals surface area (Å²) in [6.45, 7) is 1.54. The molecule has 1 aromatic heterocycles. The first-order valence-electron chi connectivity index (χ1n) is 5.34. The van der Waals surface area contributed by atoms with Crippen LogP contribution in [0, 0.1) is 0 Å². The summed E-state index contributed by atoms with van der Waals surface area (Å²) in [4.78, 5) is 0. The SMILES string of the molecule is NCC1Cn2c(nnc2-c2ccc(Cl)cc2)S1. The van der Waals surface area contributed by atoms with E-state index in [1.165, 1.54) is 0 Å². The predicted molar refractivity (Wildman–Crippen MR) is 69.2 cm³/mol. The van der Waals surface area contributed by atoms with E-state index in [9.17, 15) is 0 Å². The molecule has 1 aromatic carbocycles. The number of halogens is 1. The predicted octanol–water partition coefficient (Wildman–Crippen LogP) is 2.03. The number of nitrogens with two attached hydrogens (primary N) is 1. The van der Waals surface area contributed by atoms with Crippen LogP contribution in [0.3, 0.4) is 0 Å². The second-order valence-corrected chi connectivity index (χ2v) is 5.60. The van der Waals surface area contributed by atoms with Crippen molar-refractivity contribution in [1.82, 2.24) is 14.8 Å². The van der Waals surface area contributed by atoms with E-state index in [4.69, 9.17) is 17.3 Å². The fourth-order valence-electron chi connectivity index (χ4n) is 1.87. The van der Waals surface area contributed by atoms with Gasteiger partial charge in [-0.1, -0.05) is 23.4 Å². The number of aromatic nitrogens is 3. The van der Waals surface area contributed by atoms with Crippen LogP contribution in [0.4, 0.5) is 0 Å². The summed E-state index contributed by atoms with van der Waals surface area (Å²) < 4.78 is 2.12. The molecule has 0 amide bonds. The maximum Gasteiger partial charge on any atom is 0.191 e. The Kier molecular flexibility index (Phi) is 2.82. The third-order valence-corrected chi connectivity index (χ3v) is 4.18. The highest BCUT2D eigenvalue weighted by atomic mass is 35.5. The fraction of sp³-hybridized carbons (Fsp3) is 0.273. The zero-order valence-corrected chi connectivity index (χ0v) is 10.6. The summed E-state index contributed by atoms with van der Waals surface area (Å²) in [5, 5.41) is 10.5. The minimum Gasteiger partial charge on any atom is -0.329 e. The van der Waals surface area contributed by atoms with Crippen molar-refractivity contribution in [2.24, 2.45) is 5.73 Å². The Labute approximate surface area is 108 Å². The van der Waals surface area contributed by atoms with Crippen molar-refractivity contribution < 1.29 is 0 Å². The van der Waals surface area contributed by atoms with Gasteiger partial charge in [-0.25, -0.2) is 0 Å². The van der Waals surface area contributed by atoms with Crippen LogP contribution in [0.5, 0.6) is 0 Å². The minimum absolute atomic E-state index is 0.409. The lowest BCUT2D eigenvalue weighted by Crippen LogP contribution is -2.17. The lowest BCUT2D eigenvalue weighted by Gasteiger charge is -2.05. The van der Waals surface area contributed by atoms with Gasteiger partial charge >= 0.3 is 0 Å². The molecule has 1 aliphatic rings. The minimum atomic E-state index is 0.409. The Bertz CT molecular complexity index is 537. The molecule has 1 atom stereocenters. The number of rotatable bonds is 2. The van der Waals surface area contributed by atoms with E-state index in [0.29, 0.717) is 11.8 Å². The normalized spacial score (nSPS) is 18.4. The van der Waals surface area contributed by atoms with Crippen molar-refractivity contribution >= 4 is 23.4 Å². The zero-order valence-electron chi connectivity index (χ0n) is 9.01. The van der Waals surface area contributed by atoms with E-state index in [2.05, 4.69) is 14.8 Å². The van der Waals surface area contributed by atoms with Gasteiger partial charge in [0.2, 0.25) is 0 Å². The van der Waals surface area contributed by atoms with Crippen molar-refractivity contribution in [3.8, 4) is 11.4 Å². The van der Waals surface area contributed by atoms with Crippen LogP contribution >= 0.6 is 23.4 Å². The zero-order chi connectivity index (χ0) is 11.8. The molecule has 17 heavy (non-hydrogen) atoms. The first kappa shape index (κ1) is 11.1. The van der Waals surface area contributed by atoms with Crippen molar-refractivity contribution in [2.45, 2.75) is 17.0 Å². The molecule has 2 N–H and O–H groups in total. The molecule has 6 heteroatoms. The first-order valence-corrected chi connectivity index (χ1v) is 6.59. The van der Waals surface area contributed by atoms with Gasteiger partial charge in [0.25, 0.3) is 0 Å². The molecule has 0 saturated carbocycles. The maximum atomic E-state index is 5.87. The van der Waals surface area contributed by atoms with E-state index in [-0.39, 0.29) is 0 Å². The van der Waals surface area contributed by atoms with Crippen LogP contribution in [0.2, 0.25) is 5.02 Å². The Morgan fingerprint density at radius 3 is 2.82 bits per heavy atom. The molecule has 3 rings (SSSR count). The van der Waals surface area contributed by atoms with Crippen molar-refractivity contribution in [3.05, 3.63) is 29.3 Å². The van der Waals surface area contributed by atoms with Crippen molar-refractivity contribution in [1.29, 1.82) is 0 Å².